The van der Waals surface area contributed by atoms with Crippen molar-refractivity contribution >= 4 is 11.6 Å². The van der Waals surface area contributed by atoms with Crippen LogP contribution in [0.5, 0.6) is 5.75 Å². The maximum absolute atomic E-state index is 12.3. The number of anilines is 1. The zero-order valence-electron chi connectivity index (χ0n) is 18.6. The summed E-state index contributed by atoms with van der Waals surface area (Å²) < 4.78 is 13.1. The van der Waals surface area contributed by atoms with Crippen LogP contribution in [-0.4, -0.2) is 32.7 Å². The van der Waals surface area contributed by atoms with Crippen LogP contribution in [0.2, 0.25) is 0 Å². The van der Waals surface area contributed by atoms with Crippen LogP contribution in [0.3, 0.4) is 0 Å². The number of amides is 1. The van der Waals surface area contributed by atoms with Gasteiger partial charge in [-0.2, -0.15) is 0 Å². The van der Waals surface area contributed by atoms with Crippen molar-refractivity contribution in [3.05, 3.63) is 78.2 Å². The molecule has 4 aromatic rings. The average molecular weight is 446 g/mol. The first kappa shape index (κ1) is 22.3. The van der Waals surface area contributed by atoms with Crippen molar-refractivity contribution in [1.82, 2.24) is 20.2 Å². The molecule has 1 N–H and O–H groups in total. The third-order valence-electron chi connectivity index (χ3n) is 5.29. The van der Waals surface area contributed by atoms with Gasteiger partial charge in [-0.25, -0.2) is 4.68 Å². The Balaban J connectivity index is 1.20. The van der Waals surface area contributed by atoms with Crippen LogP contribution in [-0.2, 0) is 24.2 Å². The zero-order valence-corrected chi connectivity index (χ0v) is 18.6. The monoisotopic (exact) mass is 445 g/mol. The Labute approximate surface area is 192 Å². The Hall–Kier alpha value is -3.94. The van der Waals surface area contributed by atoms with Crippen molar-refractivity contribution in [2.45, 2.75) is 39.2 Å². The van der Waals surface area contributed by atoms with E-state index in [0.717, 1.165) is 53.4 Å². The van der Waals surface area contributed by atoms with Crippen molar-refractivity contribution < 1.29 is 14.1 Å². The molecule has 2 heterocycles. The molecule has 0 radical (unpaired) electrons. The molecule has 33 heavy (non-hydrogen) atoms. The molecule has 0 saturated heterocycles. The van der Waals surface area contributed by atoms with E-state index in [0.29, 0.717) is 19.4 Å². The molecule has 8 nitrogen and oxygen atoms in total. The van der Waals surface area contributed by atoms with Gasteiger partial charge in [0.15, 0.2) is 5.76 Å². The summed E-state index contributed by atoms with van der Waals surface area (Å²) in [5.74, 6) is 1.49. The molecule has 1 amide bonds. The summed E-state index contributed by atoms with van der Waals surface area (Å²) in [5, 5.41) is 14.8. The van der Waals surface area contributed by atoms with E-state index in [9.17, 15) is 4.79 Å². The lowest BCUT2D eigenvalue weighted by molar-refractivity contribution is -0.116. The molecular weight excluding hydrogens is 418 g/mol. The average Bonchev–Trinajstić information content (AvgIpc) is 3.50. The van der Waals surface area contributed by atoms with Gasteiger partial charge in [0.05, 0.1) is 24.7 Å². The van der Waals surface area contributed by atoms with Crippen molar-refractivity contribution in [1.29, 1.82) is 0 Å². The van der Waals surface area contributed by atoms with Gasteiger partial charge in [0.1, 0.15) is 5.75 Å². The summed E-state index contributed by atoms with van der Waals surface area (Å²) in [4.78, 5) is 12.3. The number of nitrogens with one attached hydrogen (secondary N) is 1. The number of nitrogens with zero attached hydrogens (tertiary/aromatic N) is 4. The van der Waals surface area contributed by atoms with Gasteiger partial charge in [-0.3, -0.25) is 4.79 Å². The van der Waals surface area contributed by atoms with Gasteiger partial charge in [-0.1, -0.05) is 40.7 Å². The van der Waals surface area contributed by atoms with E-state index in [1.807, 2.05) is 66.2 Å². The second-order valence-corrected chi connectivity index (χ2v) is 7.61. The third kappa shape index (κ3) is 6.06. The van der Waals surface area contributed by atoms with E-state index < -0.39 is 0 Å². The minimum absolute atomic E-state index is 0.0262. The molecule has 4 rings (SSSR count). The molecule has 0 fully saturated rings. The summed E-state index contributed by atoms with van der Waals surface area (Å²) in [5.41, 5.74) is 3.79. The highest BCUT2D eigenvalue weighted by Gasteiger charge is 2.11. The molecular formula is C25H27N5O3. The number of benzene rings is 2. The smallest absolute Gasteiger partial charge is 0.224 e. The van der Waals surface area contributed by atoms with Crippen molar-refractivity contribution in [3.8, 4) is 17.1 Å². The number of carbonyl (C=O) groups is 1. The van der Waals surface area contributed by atoms with Crippen molar-refractivity contribution in [2.24, 2.45) is 0 Å². The van der Waals surface area contributed by atoms with Crippen LogP contribution in [0.4, 0.5) is 5.69 Å². The second-order valence-electron chi connectivity index (χ2n) is 7.61. The molecule has 0 atom stereocenters. The fraction of sp³-hybridized carbons (Fsp3) is 0.280. The van der Waals surface area contributed by atoms with Crippen LogP contribution < -0.4 is 10.1 Å². The third-order valence-corrected chi connectivity index (χ3v) is 5.29. The molecule has 8 heteroatoms. The zero-order chi connectivity index (χ0) is 22.9. The normalized spacial score (nSPS) is 10.8. The van der Waals surface area contributed by atoms with Gasteiger partial charge in [0.25, 0.3) is 0 Å². The number of aryl methyl sites for hydroxylation is 2. The highest BCUT2D eigenvalue weighted by Crippen LogP contribution is 2.24. The lowest BCUT2D eigenvalue weighted by Crippen LogP contribution is -2.11. The quantitative estimate of drug-likeness (QED) is 0.364. The number of aromatic nitrogens is 4. The van der Waals surface area contributed by atoms with Crippen molar-refractivity contribution in [3.63, 3.8) is 0 Å². The number of ether oxygens (including phenoxy) is 1. The first-order valence-corrected chi connectivity index (χ1v) is 11.1. The van der Waals surface area contributed by atoms with E-state index in [2.05, 4.69) is 20.8 Å². The van der Waals surface area contributed by atoms with Crippen LogP contribution in [0.15, 0.2) is 71.5 Å². The first-order chi connectivity index (χ1) is 16.2. The van der Waals surface area contributed by atoms with Gasteiger partial charge in [-0.05, 0) is 44.0 Å². The fourth-order valence-electron chi connectivity index (χ4n) is 3.58. The van der Waals surface area contributed by atoms with E-state index >= 15 is 0 Å². The summed E-state index contributed by atoms with van der Waals surface area (Å²) in [6.45, 7) is 3.35. The van der Waals surface area contributed by atoms with Gasteiger partial charge in [-0.15, -0.1) is 5.10 Å². The van der Waals surface area contributed by atoms with Gasteiger partial charge in [0.2, 0.25) is 5.91 Å². The summed E-state index contributed by atoms with van der Waals surface area (Å²) in [6.07, 6.45) is 6.06. The largest absolute Gasteiger partial charge is 0.493 e. The van der Waals surface area contributed by atoms with Crippen molar-refractivity contribution in [2.75, 3.05) is 11.9 Å². The summed E-state index contributed by atoms with van der Waals surface area (Å²) >= 11 is 0. The lowest BCUT2D eigenvalue weighted by atomic mass is 10.0. The first-order valence-electron chi connectivity index (χ1n) is 11.1. The number of rotatable bonds is 11. The van der Waals surface area contributed by atoms with E-state index in [1.54, 1.807) is 12.4 Å². The van der Waals surface area contributed by atoms with Gasteiger partial charge >= 0.3 is 0 Å². The summed E-state index contributed by atoms with van der Waals surface area (Å²) in [6, 6.07) is 17.3. The molecule has 0 bridgehead atoms. The maximum Gasteiger partial charge on any atom is 0.224 e. The minimum atomic E-state index is -0.0262. The SMILES string of the molecule is CCn1nncc1CCOc1ccc(NC(=O)CCCc2cnoc2-c2ccccc2)cc1. The van der Waals surface area contributed by atoms with E-state index in [4.69, 9.17) is 9.26 Å². The van der Waals surface area contributed by atoms with Crippen LogP contribution in [0.1, 0.15) is 31.0 Å². The Morgan fingerprint density at radius 2 is 1.88 bits per heavy atom. The Kier molecular flexibility index (Phi) is 7.48. The highest BCUT2D eigenvalue weighted by molar-refractivity contribution is 5.90. The van der Waals surface area contributed by atoms with Crippen LogP contribution in [0.25, 0.3) is 11.3 Å². The molecule has 2 aromatic heterocycles. The molecule has 2 aromatic carbocycles. The molecule has 0 aliphatic rings. The molecule has 170 valence electrons. The Morgan fingerprint density at radius 1 is 1.06 bits per heavy atom. The molecule has 0 aliphatic carbocycles. The molecule has 0 aliphatic heterocycles. The van der Waals surface area contributed by atoms with Gasteiger partial charge < -0.3 is 14.6 Å². The Morgan fingerprint density at radius 3 is 2.67 bits per heavy atom. The van der Waals surface area contributed by atoms with E-state index in [1.165, 1.54) is 0 Å². The number of carbonyl (C=O) groups excluding carboxylic acids is 1. The predicted molar refractivity (Wildman–Crippen MR) is 125 cm³/mol. The van der Waals surface area contributed by atoms with Crippen LogP contribution in [0, 0.1) is 0 Å². The topological polar surface area (TPSA) is 95.1 Å². The maximum atomic E-state index is 12.3. The lowest BCUT2D eigenvalue weighted by Gasteiger charge is -2.09. The standard InChI is InChI=1S/C25H27N5O3/c1-2-30-22(18-26-29-30)15-16-32-23-13-11-21(12-14-23)28-24(31)10-6-9-20-17-27-33-25(20)19-7-4-3-5-8-19/h3-5,7-8,11-14,17-18H,2,6,9-10,15-16H2,1H3,(H,28,31). The molecule has 0 unspecified atom stereocenters. The van der Waals surface area contributed by atoms with Gasteiger partial charge in [0, 0.05) is 36.2 Å². The second kappa shape index (κ2) is 11.1. The predicted octanol–water partition coefficient (Wildman–Crippen LogP) is 4.54. The summed E-state index contributed by atoms with van der Waals surface area (Å²) in [7, 11) is 0. The Bertz CT molecular complexity index is 1150. The molecule has 0 spiro atoms. The van der Waals surface area contributed by atoms with E-state index in [-0.39, 0.29) is 5.91 Å². The van der Waals surface area contributed by atoms with Crippen LogP contribution >= 0.6 is 0 Å². The minimum Gasteiger partial charge on any atom is -0.493 e. The molecule has 0 saturated carbocycles. The number of hydrogen-bond acceptors (Lipinski definition) is 6. The highest BCUT2D eigenvalue weighted by atomic mass is 16.5. The fourth-order valence-corrected chi connectivity index (χ4v) is 3.58. The number of hydrogen-bond donors (Lipinski definition) is 1.